The topological polar surface area (TPSA) is 55.4 Å². The molecule has 2 rings (SSSR count). The van der Waals surface area contributed by atoms with Crippen LogP contribution in [0.5, 0.6) is 0 Å². The second kappa shape index (κ2) is 3.79. The molecule has 1 N–H and O–H groups in total. The summed E-state index contributed by atoms with van der Waals surface area (Å²) in [5.74, 6) is 0.663. The van der Waals surface area contributed by atoms with Gasteiger partial charge in [0, 0.05) is 18.5 Å². The van der Waals surface area contributed by atoms with Crippen molar-refractivity contribution < 1.29 is 13.2 Å². The van der Waals surface area contributed by atoms with Crippen LogP contribution in [0.1, 0.15) is 12.8 Å². The quantitative estimate of drug-likeness (QED) is 0.613. The molecule has 0 aromatic carbocycles. The molecule has 0 unspecified atom stereocenters. The molecule has 5 heteroatoms. The molecule has 0 atom stereocenters. The third kappa shape index (κ3) is 2.27. The molecule has 2 saturated heterocycles. The van der Waals surface area contributed by atoms with Crippen molar-refractivity contribution in [1.82, 2.24) is 5.32 Å². The van der Waals surface area contributed by atoms with E-state index in [1.807, 2.05) is 0 Å². The van der Waals surface area contributed by atoms with Crippen LogP contribution in [0.25, 0.3) is 0 Å². The Labute approximate surface area is 84.9 Å². The van der Waals surface area contributed by atoms with E-state index in [1.54, 1.807) is 0 Å². The first-order valence-electron chi connectivity index (χ1n) is 5.11. The van der Waals surface area contributed by atoms with Gasteiger partial charge >= 0.3 is 0 Å². The fraction of sp³-hybridized carbons (Fsp3) is 1.00. The molecule has 0 amide bonds. The van der Waals surface area contributed by atoms with E-state index in [2.05, 4.69) is 5.32 Å². The molecule has 4 nitrogen and oxygen atoms in total. The van der Waals surface area contributed by atoms with Crippen molar-refractivity contribution in [1.29, 1.82) is 0 Å². The van der Waals surface area contributed by atoms with E-state index in [1.165, 1.54) is 0 Å². The molecule has 2 aliphatic rings. The predicted octanol–water partition coefficient (Wildman–Crippen LogP) is -0.199. The summed E-state index contributed by atoms with van der Waals surface area (Å²) in [4.78, 5) is 0. The number of ether oxygens (including phenoxy) is 1. The zero-order valence-electron chi connectivity index (χ0n) is 8.29. The molecule has 14 heavy (non-hydrogen) atoms. The Balaban J connectivity index is 2.03. The Morgan fingerprint density at radius 1 is 1.21 bits per heavy atom. The van der Waals surface area contributed by atoms with Gasteiger partial charge in [0.2, 0.25) is 0 Å². The monoisotopic (exact) mass is 219 g/mol. The van der Waals surface area contributed by atoms with Crippen LogP contribution >= 0.6 is 0 Å². The Kier molecular flexibility index (Phi) is 2.81. The average Bonchev–Trinajstić information content (AvgIpc) is 2.37. The Morgan fingerprint density at radius 3 is 2.64 bits per heavy atom. The molecule has 0 aliphatic carbocycles. The van der Waals surface area contributed by atoms with Gasteiger partial charge in [0.15, 0.2) is 0 Å². The van der Waals surface area contributed by atoms with Crippen molar-refractivity contribution in [3.8, 4) is 0 Å². The third-order valence-electron chi connectivity index (χ3n) is 3.22. The van der Waals surface area contributed by atoms with Crippen LogP contribution in [0.3, 0.4) is 0 Å². The minimum atomic E-state index is -2.75. The first-order valence-corrected chi connectivity index (χ1v) is 6.93. The molecule has 82 valence electrons. The van der Waals surface area contributed by atoms with E-state index in [-0.39, 0.29) is 5.41 Å². The molecule has 0 aromatic rings. The lowest BCUT2D eigenvalue weighted by Gasteiger charge is -2.35. The van der Waals surface area contributed by atoms with Gasteiger partial charge in [0.25, 0.3) is 0 Å². The molecule has 2 heterocycles. The molecule has 1 spiro atoms. The van der Waals surface area contributed by atoms with Crippen LogP contribution in [0, 0.1) is 5.41 Å². The summed E-state index contributed by atoms with van der Waals surface area (Å²) < 4.78 is 28.1. The summed E-state index contributed by atoms with van der Waals surface area (Å²) in [7, 11) is -2.75. The second-order valence-corrected chi connectivity index (χ2v) is 6.68. The number of rotatable bonds is 0. The van der Waals surface area contributed by atoms with Crippen LogP contribution in [0.4, 0.5) is 0 Å². The molecule has 0 radical (unpaired) electrons. The van der Waals surface area contributed by atoms with Crippen molar-refractivity contribution in [2.24, 2.45) is 5.41 Å². The van der Waals surface area contributed by atoms with Crippen molar-refractivity contribution in [3.63, 3.8) is 0 Å². The van der Waals surface area contributed by atoms with E-state index in [9.17, 15) is 8.42 Å². The van der Waals surface area contributed by atoms with Gasteiger partial charge in [-0.2, -0.15) is 0 Å². The maximum atomic E-state index is 11.3. The molecular formula is C9H17NO3S. The van der Waals surface area contributed by atoms with Crippen molar-refractivity contribution in [2.45, 2.75) is 12.8 Å². The van der Waals surface area contributed by atoms with Gasteiger partial charge in [0.05, 0.1) is 24.7 Å². The van der Waals surface area contributed by atoms with E-state index in [0.717, 1.165) is 39.1 Å². The number of nitrogens with one attached hydrogen (secondary N) is 1. The van der Waals surface area contributed by atoms with Gasteiger partial charge < -0.3 is 10.1 Å². The molecule has 2 fully saturated rings. The van der Waals surface area contributed by atoms with Gasteiger partial charge in [-0.3, -0.25) is 0 Å². The first kappa shape index (κ1) is 10.4. The van der Waals surface area contributed by atoms with E-state index in [4.69, 9.17) is 4.74 Å². The molecule has 0 saturated carbocycles. The van der Waals surface area contributed by atoms with Crippen molar-refractivity contribution in [3.05, 3.63) is 0 Å². The summed E-state index contributed by atoms with van der Waals surface area (Å²) in [5, 5.41) is 3.32. The lowest BCUT2D eigenvalue weighted by atomic mass is 9.83. The minimum Gasteiger partial charge on any atom is -0.380 e. The van der Waals surface area contributed by atoms with Gasteiger partial charge in [-0.25, -0.2) is 8.42 Å². The maximum Gasteiger partial charge on any atom is 0.150 e. The maximum absolute atomic E-state index is 11.3. The van der Waals surface area contributed by atoms with Crippen LogP contribution in [0.15, 0.2) is 0 Å². The highest BCUT2D eigenvalue weighted by molar-refractivity contribution is 7.91. The Hall–Kier alpha value is -0.130. The molecule has 0 bridgehead atoms. The normalized spacial score (nSPS) is 31.1. The van der Waals surface area contributed by atoms with E-state index >= 15 is 0 Å². The van der Waals surface area contributed by atoms with Gasteiger partial charge in [-0.15, -0.1) is 0 Å². The highest BCUT2D eigenvalue weighted by atomic mass is 32.2. The summed E-state index contributed by atoms with van der Waals surface area (Å²) in [6.07, 6.45) is 1.50. The zero-order chi connectivity index (χ0) is 10.1. The number of sulfone groups is 1. The molecule has 0 aromatic heterocycles. The summed E-state index contributed by atoms with van der Waals surface area (Å²) in [6.45, 7) is 3.25. The molecular weight excluding hydrogens is 202 g/mol. The summed E-state index contributed by atoms with van der Waals surface area (Å²) in [6, 6.07) is 0. The smallest absolute Gasteiger partial charge is 0.150 e. The average molecular weight is 219 g/mol. The van der Waals surface area contributed by atoms with Gasteiger partial charge in [0.1, 0.15) is 9.84 Å². The third-order valence-corrected chi connectivity index (χ3v) is 4.87. The first-order chi connectivity index (χ1) is 6.62. The van der Waals surface area contributed by atoms with Crippen molar-refractivity contribution >= 4 is 9.84 Å². The second-order valence-electron chi connectivity index (χ2n) is 4.38. The predicted molar refractivity (Wildman–Crippen MR) is 54.0 cm³/mol. The SMILES string of the molecule is O=S1(=O)CCC2(CC1)CNCCOC2. The zero-order valence-corrected chi connectivity index (χ0v) is 9.11. The minimum absolute atomic E-state index is 0.0851. The highest BCUT2D eigenvalue weighted by Gasteiger charge is 2.37. The Bertz CT molecular complexity index is 275. The lowest BCUT2D eigenvalue weighted by Crippen LogP contribution is -2.42. The summed E-state index contributed by atoms with van der Waals surface area (Å²) >= 11 is 0. The number of hydrogen-bond donors (Lipinski definition) is 1. The fourth-order valence-corrected chi connectivity index (χ4v) is 3.82. The summed E-state index contributed by atoms with van der Waals surface area (Å²) in [5.41, 5.74) is 0.0851. The number of hydrogen-bond acceptors (Lipinski definition) is 4. The van der Waals surface area contributed by atoms with Crippen LogP contribution in [-0.4, -0.2) is 46.2 Å². The van der Waals surface area contributed by atoms with Crippen LogP contribution in [0.2, 0.25) is 0 Å². The van der Waals surface area contributed by atoms with Crippen LogP contribution < -0.4 is 5.32 Å². The van der Waals surface area contributed by atoms with Gasteiger partial charge in [-0.05, 0) is 12.8 Å². The van der Waals surface area contributed by atoms with Gasteiger partial charge in [-0.1, -0.05) is 0 Å². The van der Waals surface area contributed by atoms with Crippen LogP contribution in [-0.2, 0) is 14.6 Å². The standard InChI is InChI=1S/C9H17NO3S/c11-14(12)5-1-9(2-6-14)7-10-3-4-13-8-9/h10H,1-8H2. The fourth-order valence-electron chi connectivity index (χ4n) is 2.13. The van der Waals surface area contributed by atoms with E-state index < -0.39 is 9.84 Å². The largest absolute Gasteiger partial charge is 0.380 e. The van der Waals surface area contributed by atoms with Crippen molar-refractivity contribution in [2.75, 3.05) is 37.8 Å². The van der Waals surface area contributed by atoms with E-state index in [0.29, 0.717) is 11.5 Å². The molecule has 2 aliphatic heterocycles. The highest BCUT2D eigenvalue weighted by Crippen LogP contribution is 2.33. The lowest BCUT2D eigenvalue weighted by molar-refractivity contribution is 0.0629. The Morgan fingerprint density at radius 2 is 1.93 bits per heavy atom.